The molecule has 0 aromatic heterocycles. The summed E-state index contributed by atoms with van der Waals surface area (Å²) in [5, 5.41) is 8.09. The predicted molar refractivity (Wildman–Crippen MR) is 80.7 cm³/mol. The van der Waals surface area contributed by atoms with Crippen molar-refractivity contribution in [1.82, 2.24) is 20.4 Å². The molecule has 0 bridgehead atoms. The van der Waals surface area contributed by atoms with Gasteiger partial charge in [-0.3, -0.25) is 4.90 Å². The Labute approximate surface area is 118 Å². The van der Waals surface area contributed by atoms with E-state index in [1.807, 2.05) is 0 Å². The smallest absolute Gasteiger partial charge is 0.0371 e. The molecular weight excluding hydrogens is 236 g/mol. The largest absolute Gasteiger partial charge is 0.314 e. The van der Waals surface area contributed by atoms with Gasteiger partial charge in [0.15, 0.2) is 0 Å². The molecule has 4 nitrogen and oxygen atoms in total. The summed E-state index contributed by atoms with van der Waals surface area (Å²) in [6, 6.07) is 1.30. The Hall–Kier alpha value is -0.160. The molecule has 0 aliphatic carbocycles. The highest BCUT2D eigenvalue weighted by Gasteiger charge is 2.18. The lowest BCUT2D eigenvalue weighted by Gasteiger charge is -2.37. The van der Waals surface area contributed by atoms with Crippen LogP contribution in [0.4, 0.5) is 0 Å². The van der Waals surface area contributed by atoms with E-state index in [1.165, 1.54) is 52.0 Å². The van der Waals surface area contributed by atoms with Crippen LogP contribution < -0.4 is 10.6 Å². The minimum atomic E-state index is 0.589. The van der Waals surface area contributed by atoms with Gasteiger partial charge in [-0.1, -0.05) is 6.42 Å². The van der Waals surface area contributed by atoms with Gasteiger partial charge >= 0.3 is 0 Å². The van der Waals surface area contributed by atoms with Crippen molar-refractivity contribution in [3.8, 4) is 0 Å². The standard InChI is InChI=1S/C15H31N4/c1-14(2)19-11-9-18(10-12-19)8-4-3-5-15-13-16-6-7-17-15/h14-16H,3-13H2,1-2H3. The van der Waals surface area contributed by atoms with E-state index in [1.54, 1.807) is 0 Å². The van der Waals surface area contributed by atoms with Crippen molar-refractivity contribution in [1.29, 1.82) is 0 Å². The maximum atomic E-state index is 4.66. The fourth-order valence-electron chi connectivity index (χ4n) is 3.07. The van der Waals surface area contributed by atoms with Gasteiger partial charge in [0.2, 0.25) is 0 Å². The average Bonchev–Trinajstić information content (AvgIpc) is 2.45. The SMILES string of the molecule is CC(C)N1CCN(CCCCC2CNCC[N]2)CC1. The normalized spacial score (nSPS) is 27.0. The zero-order valence-electron chi connectivity index (χ0n) is 12.8. The van der Waals surface area contributed by atoms with Gasteiger partial charge in [0.05, 0.1) is 0 Å². The van der Waals surface area contributed by atoms with Crippen molar-refractivity contribution in [2.75, 3.05) is 52.4 Å². The highest BCUT2D eigenvalue weighted by atomic mass is 15.3. The molecule has 2 saturated heterocycles. The Morgan fingerprint density at radius 1 is 1.16 bits per heavy atom. The van der Waals surface area contributed by atoms with Crippen molar-refractivity contribution in [2.24, 2.45) is 0 Å². The fourth-order valence-corrected chi connectivity index (χ4v) is 3.07. The summed E-state index contributed by atoms with van der Waals surface area (Å²) in [6.45, 7) is 14.1. The second kappa shape index (κ2) is 8.20. The topological polar surface area (TPSA) is 32.6 Å². The molecule has 111 valence electrons. The molecule has 2 fully saturated rings. The monoisotopic (exact) mass is 267 g/mol. The van der Waals surface area contributed by atoms with E-state index in [2.05, 4.69) is 34.3 Å². The van der Waals surface area contributed by atoms with Gasteiger partial charge in [-0.25, -0.2) is 5.32 Å². The predicted octanol–water partition coefficient (Wildman–Crippen LogP) is 0.759. The molecule has 2 aliphatic heterocycles. The van der Waals surface area contributed by atoms with E-state index in [0.717, 1.165) is 19.6 Å². The van der Waals surface area contributed by atoms with Gasteiger partial charge in [-0.05, 0) is 33.2 Å². The van der Waals surface area contributed by atoms with Crippen molar-refractivity contribution < 1.29 is 0 Å². The third-order valence-corrected chi connectivity index (χ3v) is 4.45. The lowest BCUT2D eigenvalue weighted by Crippen LogP contribution is -2.49. The summed E-state index contributed by atoms with van der Waals surface area (Å²) in [5.41, 5.74) is 0. The van der Waals surface area contributed by atoms with Crippen LogP contribution in [-0.4, -0.2) is 74.2 Å². The molecule has 1 radical (unpaired) electrons. The molecule has 1 unspecified atom stereocenters. The zero-order chi connectivity index (χ0) is 13.5. The lowest BCUT2D eigenvalue weighted by molar-refractivity contribution is 0.107. The molecule has 2 heterocycles. The van der Waals surface area contributed by atoms with Gasteiger partial charge in [0, 0.05) is 57.9 Å². The highest BCUT2D eigenvalue weighted by Crippen LogP contribution is 2.09. The number of unbranched alkanes of at least 4 members (excludes halogenated alkanes) is 1. The molecule has 0 aromatic rings. The van der Waals surface area contributed by atoms with Crippen LogP contribution in [0.15, 0.2) is 0 Å². The fraction of sp³-hybridized carbons (Fsp3) is 1.00. The van der Waals surface area contributed by atoms with Crippen LogP contribution in [0.25, 0.3) is 0 Å². The minimum Gasteiger partial charge on any atom is -0.314 e. The van der Waals surface area contributed by atoms with Crippen LogP contribution in [0.1, 0.15) is 33.1 Å². The molecule has 0 amide bonds. The van der Waals surface area contributed by atoms with Gasteiger partial charge in [-0.2, -0.15) is 0 Å². The number of nitrogens with one attached hydrogen (secondary N) is 1. The van der Waals surface area contributed by atoms with Crippen LogP contribution in [0.3, 0.4) is 0 Å². The molecular formula is C15H31N4. The van der Waals surface area contributed by atoms with Crippen LogP contribution in [0.2, 0.25) is 0 Å². The Morgan fingerprint density at radius 2 is 1.95 bits per heavy atom. The Bertz CT molecular complexity index is 230. The first-order chi connectivity index (χ1) is 9.25. The van der Waals surface area contributed by atoms with Crippen molar-refractivity contribution in [3.05, 3.63) is 0 Å². The van der Waals surface area contributed by atoms with Crippen molar-refractivity contribution in [3.63, 3.8) is 0 Å². The van der Waals surface area contributed by atoms with E-state index >= 15 is 0 Å². The first-order valence-corrected chi connectivity index (χ1v) is 8.09. The Kier molecular flexibility index (Phi) is 6.57. The molecule has 2 aliphatic rings. The third kappa shape index (κ3) is 5.38. The van der Waals surface area contributed by atoms with E-state index < -0.39 is 0 Å². The molecule has 1 atom stereocenters. The summed E-state index contributed by atoms with van der Waals surface area (Å²) in [5.74, 6) is 0. The number of rotatable bonds is 6. The maximum Gasteiger partial charge on any atom is 0.0371 e. The molecule has 4 heteroatoms. The Balaban J connectivity index is 1.49. The molecule has 19 heavy (non-hydrogen) atoms. The van der Waals surface area contributed by atoms with Gasteiger partial charge in [-0.15, -0.1) is 0 Å². The molecule has 2 rings (SSSR count). The van der Waals surface area contributed by atoms with Crippen LogP contribution in [0, 0.1) is 0 Å². The summed E-state index contributed by atoms with van der Waals surface area (Å²) >= 11 is 0. The first-order valence-electron chi connectivity index (χ1n) is 8.09. The molecule has 0 saturated carbocycles. The zero-order valence-corrected chi connectivity index (χ0v) is 12.8. The molecule has 1 N–H and O–H groups in total. The van der Waals surface area contributed by atoms with E-state index in [-0.39, 0.29) is 0 Å². The van der Waals surface area contributed by atoms with Gasteiger partial charge in [0.1, 0.15) is 0 Å². The lowest BCUT2D eigenvalue weighted by atomic mass is 10.1. The number of hydrogen-bond donors (Lipinski definition) is 1. The van der Waals surface area contributed by atoms with E-state index in [9.17, 15) is 0 Å². The Morgan fingerprint density at radius 3 is 2.58 bits per heavy atom. The summed E-state index contributed by atoms with van der Waals surface area (Å²) in [4.78, 5) is 5.22. The molecule has 0 spiro atoms. The summed E-state index contributed by atoms with van der Waals surface area (Å²) < 4.78 is 0. The first kappa shape index (κ1) is 15.2. The summed E-state index contributed by atoms with van der Waals surface area (Å²) in [7, 11) is 0. The van der Waals surface area contributed by atoms with Gasteiger partial charge in [0.25, 0.3) is 0 Å². The minimum absolute atomic E-state index is 0.589. The van der Waals surface area contributed by atoms with Crippen LogP contribution in [0.5, 0.6) is 0 Å². The highest BCUT2D eigenvalue weighted by molar-refractivity contribution is 4.76. The van der Waals surface area contributed by atoms with E-state index in [0.29, 0.717) is 12.1 Å². The van der Waals surface area contributed by atoms with Crippen LogP contribution in [-0.2, 0) is 0 Å². The number of hydrogen-bond acceptors (Lipinski definition) is 3. The number of nitrogens with zero attached hydrogens (tertiary/aromatic N) is 3. The second-order valence-corrected chi connectivity index (χ2v) is 6.23. The van der Waals surface area contributed by atoms with Crippen LogP contribution >= 0.6 is 0 Å². The van der Waals surface area contributed by atoms with E-state index in [4.69, 9.17) is 0 Å². The van der Waals surface area contributed by atoms with Gasteiger partial charge < -0.3 is 10.2 Å². The van der Waals surface area contributed by atoms with Crippen molar-refractivity contribution in [2.45, 2.75) is 45.2 Å². The second-order valence-electron chi connectivity index (χ2n) is 6.23. The quantitative estimate of drug-likeness (QED) is 0.721. The molecule has 0 aromatic carbocycles. The van der Waals surface area contributed by atoms with Crippen molar-refractivity contribution >= 4 is 0 Å². The average molecular weight is 267 g/mol. The number of piperazine rings is 2. The third-order valence-electron chi connectivity index (χ3n) is 4.45. The summed E-state index contributed by atoms with van der Waals surface area (Å²) in [6.07, 6.45) is 3.95. The maximum absolute atomic E-state index is 4.66.